The summed E-state index contributed by atoms with van der Waals surface area (Å²) in [6.45, 7) is 6.88. The Morgan fingerprint density at radius 2 is 1.98 bits per heavy atom. The second kappa shape index (κ2) is 12.2. The summed E-state index contributed by atoms with van der Waals surface area (Å²) in [5, 5.41) is 12.6. The Bertz CT molecular complexity index is 1500. The van der Waals surface area contributed by atoms with Gasteiger partial charge in [-0.2, -0.15) is 0 Å². The van der Waals surface area contributed by atoms with Gasteiger partial charge in [-0.05, 0) is 69.5 Å². The van der Waals surface area contributed by atoms with Crippen LogP contribution < -0.4 is 20.5 Å². The first-order chi connectivity index (χ1) is 19.4. The first-order valence-electron chi connectivity index (χ1n) is 13.5. The van der Waals surface area contributed by atoms with E-state index in [4.69, 9.17) is 20.2 Å². The molecule has 2 aromatic carbocycles. The van der Waals surface area contributed by atoms with Gasteiger partial charge in [-0.3, -0.25) is 4.79 Å². The molecule has 0 aliphatic carbocycles. The second-order valence-corrected chi connectivity index (χ2v) is 11.2. The maximum absolute atomic E-state index is 12.4. The van der Waals surface area contributed by atoms with E-state index in [9.17, 15) is 9.90 Å². The minimum Gasteiger partial charge on any atom is -0.496 e. The number of aliphatic hydroxyl groups is 1. The lowest BCUT2D eigenvalue weighted by atomic mass is 9.89. The van der Waals surface area contributed by atoms with E-state index in [0.717, 1.165) is 54.2 Å². The van der Waals surface area contributed by atoms with Gasteiger partial charge in [-0.25, -0.2) is 9.97 Å². The molecular weight excluding hydrogens is 526 g/mol. The van der Waals surface area contributed by atoms with Crippen molar-refractivity contribution in [3.8, 4) is 22.6 Å². The van der Waals surface area contributed by atoms with Gasteiger partial charge in [0.15, 0.2) is 0 Å². The van der Waals surface area contributed by atoms with Crippen molar-refractivity contribution < 1.29 is 19.4 Å². The summed E-state index contributed by atoms with van der Waals surface area (Å²) in [4.78, 5) is 24.5. The number of β-amino-alcohol motifs (C(OH)–C–C–N with tert-alkyl or cyclic N) is 1. The molecule has 1 fully saturated rings. The lowest BCUT2D eigenvalue weighted by Crippen LogP contribution is -2.34. The van der Waals surface area contributed by atoms with E-state index < -0.39 is 5.91 Å². The van der Waals surface area contributed by atoms with Gasteiger partial charge in [-0.15, -0.1) is 11.3 Å². The summed E-state index contributed by atoms with van der Waals surface area (Å²) in [5.74, 6) is 1.66. The van der Waals surface area contributed by atoms with Crippen molar-refractivity contribution in [3.63, 3.8) is 0 Å². The number of anilines is 2. The normalized spacial score (nSPS) is 14.5. The highest BCUT2D eigenvalue weighted by Crippen LogP contribution is 2.42. The minimum atomic E-state index is -0.524. The molecular formula is C30H35N5O4S. The van der Waals surface area contributed by atoms with Crippen LogP contribution in [0.25, 0.3) is 21.3 Å². The van der Waals surface area contributed by atoms with Gasteiger partial charge in [0.1, 0.15) is 16.4 Å². The molecule has 210 valence electrons. The third-order valence-electron chi connectivity index (χ3n) is 7.12. The number of aliphatic hydroxyl groups excluding tert-OH is 1. The Kier molecular flexibility index (Phi) is 8.49. The van der Waals surface area contributed by atoms with Crippen molar-refractivity contribution in [1.82, 2.24) is 14.9 Å². The van der Waals surface area contributed by atoms with Gasteiger partial charge in [-0.1, -0.05) is 24.3 Å². The fourth-order valence-corrected chi connectivity index (χ4v) is 6.21. The number of piperidine rings is 1. The third-order valence-corrected chi connectivity index (χ3v) is 8.25. The number of ether oxygens (including phenoxy) is 2. The lowest BCUT2D eigenvalue weighted by Gasteiger charge is -2.32. The van der Waals surface area contributed by atoms with Crippen molar-refractivity contribution in [2.45, 2.75) is 38.7 Å². The fraction of sp³-hybridized carbons (Fsp3) is 0.367. The number of fused-ring (bicyclic) bond motifs is 1. The molecule has 0 saturated carbocycles. The maximum Gasteiger partial charge on any atom is 0.259 e. The highest BCUT2D eigenvalue weighted by molar-refractivity contribution is 7.21. The zero-order chi connectivity index (χ0) is 28.2. The minimum absolute atomic E-state index is 0.0160. The van der Waals surface area contributed by atoms with Gasteiger partial charge in [0, 0.05) is 17.7 Å². The van der Waals surface area contributed by atoms with Crippen LogP contribution in [0.5, 0.6) is 11.5 Å². The molecule has 40 heavy (non-hydrogen) atoms. The first-order valence-corrected chi connectivity index (χ1v) is 14.3. The number of nitrogens with one attached hydrogen (secondary N) is 1. The summed E-state index contributed by atoms with van der Waals surface area (Å²) < 4.78 is 12.5. The second-order valence-electron chi connectivity index (χ2n) is 10.2. The molecule has 2 aromatic heterocycles. The van der Waals surface area contributed by atoms with E-state index in [0.29, 0.717) is 33.6 Å². The van der Waals surface area contributed by atoms with Gasteiger partial charge in [0.2, 0.25) is 5.95 Å². The predicted molar refractivity (Wildman–Crippen MR) is 159 cm³/mol. The highest BCUT2D eigenvalue weighted by atomic mass is 32.1. The number of thiophene rings is 1. The highest BCUT2D eigenvalue weighted by Gasteiger charge is 2.24. The van der Waals surface area contributed by atoms with Crippen molar-refractivity contribution in [3.05, 3.63) is 59.1 Å². The van der Waals surface area contributed by atoms with Gasteiger partial charge >= 0.3 is 0 Å². The first kappa shape index (κ1) is 27.8. The van der Waals surface area contributed by atoms with E-state index in [1.165, 1.54) is 16.9 Å². The van der Waals surface area contributed by atoms with E-state index in [-0.39, 0.29) is 12.7 Å². The number of methoxy groups -OCH3 is 1. The Labute approximate surface area is 238 Å². The number of nitrogens with two attached hydrogens (primary N) is 1. The van der Waals surface area contributed by atoms with E-state index in [2.05, 4.69) is 27.3 Å². The van der Waals surface area contributed by atoms with Crippen LogP contribution in [-0.2, 0) is 0 Å². The van der Waals surface area contributed by atoms with Crippen molar-refractivity contribution in [1.29, 1.82) is 0 Å². The van der Waals surface area contributed by atoms with Crippen LogP contribution in [-0.4, -0.2) is 65.3 Å². The molecule has 0 unspecified atom stereocenters. The third kappa shape index (κ3) is 5.89. The Morgan fingerprint density at radius 1 is 1.20 bits per heavy atom. The monoisotopic (exact) mass is 561 g/mol. The number of amides is 1. The molecule has 9 nitrogen and oxygen atoms in total. The van der Waals surface area contributed by atoms with Crippen LogP contribution >= 0.6 is 11.3 Å². The number of carbonyl (C=O) groups excluding carboxylic acids is 1. The number of para-hydroxylation sites is 1. The summed E-state index contributed by atoms with van der Waals surface area (Å²) in [6.07, 6.45) is 3.77. The Hall–Kier alpha value is -3.73. The maximum atomic E-state index is 12.4. The molecule has 10 heteroatoms. The van der Waals surface area contributed by atoms with Crippen LogP contribution in [0.15, 0.2) is 48.7 Å². The van der Waals surface area contributed by atoms with Crippen molar-refractivity contribution in [2.24, 2.45) is 5.73 Å². The average molecular weight is 562 g/mol. The number of carbonyl (C=O) groups is 1. The van der Waals surface area contributed by atoms with Crippen LogP contribution in [0.3, 0.4) is 0 Å². The summed E-state index contributed by atoms with van der Waals surface area (Å²) in [5.41, 5.74) is 9.78. The van der Waals surface area contributed by atoms with Crippen LogP contribution in [0.1, 0.15) is 47.8 Å². The van der Waals surface area contributed by atoms with E-state index in [1.54, 1.807) is 13.3 Å². The summed E-state index contributed by atoms with van der Waals surface area (Å²) in [7, 11) is 1.59. The summed E-state index contributed by atoms with van der Waals surface area (Å²) >= 11 is 1.27. The zero-order valence-corrected chi connectivity index (χ0v) is 23.8. The molecule has 0 spiro atoms. The largest absolute Gasteiger partial charge is 0.496 e. The van der Waals surface area contributed by atoms with E-state index >= 15 is 0 Å². The fourth-order valence-electron chi connectivity index (χ4n) is 5.23. The topological polar surface area (TPSA) is 123 Å². The standard InChI is InChI=1S/C30H35N5O4S/c1-18(2)39-24-16-20(19-10-12-35(13-11-19)14-15-36)8-9-22(24)33-30-32-17-25-27(34-30)26(28(40-25)29(31)37)21-6-4-5-7-23(21)38-3/h4-9,16-19,36H,10-15H2,1-3H3,(H2,31,37)(H,32,33,34). The number of benzene rings is 2. The van der Waals surface area contributed by atoms with Gasteiger partial charge < -0.3 is 30.5 Å². The Balaban J connectivity index is 1.49. The SMILES string of the molecule is COc1ccccc1-c1c(C(N)=O)sc2cnc(Nc3ccc(C4CCN(CCO)CC4)cc3OC(C)C)nc12. The predicted octanol–water partition coefficient (Wildman–Crippen LogP) is 5.17. The molecule has 1 aliphatic rings. The number of rotatable bonds is 10. The molecule has 4 N–H and O–H groups in total. The molecule has 4 aromatic rings. The number of nitrogens with zero attached hydrogens (tertiary/aromatic N) is 3. The molecule has 1 saturated heterocycles. The van der Waals surface area contributed by atoms with Crippen LogP contribution in [0.4, 0.5) is 11.6 Å². The number of likely N-dealkylation sites (tertiary alicyclic amines) is 1. The molecule has 0 bridgehead atoms. The quantitative estimate of drug-likeness (QED) is 0.242. The molecule has 0 atom stereocenters. The van der Waals surface area contributed by atoms with Crippen molar-refractivity contribution in [2.75, 3.05) is 38.7 Å². The molecule has 1 amide bonds. The van der Waals surface area contributed by atoms with Crippen molar-refractivity contribution >= 4 is 39.1 Å². The number of hydrogen-bond acceptors (Lipinski definition) is 9. The Morgan fingerprint density at radius 3 is 2.67 bits per heavy atom. The molecule has 5 rings (SSSR count). The number of hydrogen-bond donors (Lipinski definition) is 3. The molecule has 0 radical (unpaired) electrons. The smallest absolute Gasteiger partial charge is 0.259 e. The van der Waals surface area contributed by atoms with Crippen LogP contribution in [0.2, 0.25) is 0 Å². The van der Waals surface area contributed by atoms with E-state index in [1.807, 2.05) is 44.2 Å². The lowest BCUT2D eigenvalue weighted by molar-refractivity contribution is 0.100. The number of primary amides is 1. The number of aromatic nitrogens is 2. The van der Waals surface area contributed by atoms with Crippen LogP contribution in [0, 0.1) is 0 Å². The molecule has 1 aliphatic heterocycles. The average Bonchev–Trinajstić information content (AvgIpc) is 3.33. The molecule has 3 heterocycles. The van der Waals surface area contributed by atoms with Gasteiger partial charge in [0.05, 0.1) is 41.9 Å². The summed E-state index contributed by atoms with van der Waals surface area (Å²) in [6, 6.07) is 13.8. The zero-order valence-electron chi connectivity index (χ0n) is 23.0. The van der Waals surface area contributed by atoms with Gasteiger partial charge in [0.25, 0.3) is 5.91 Å².